The van der Waals surface area contributed by atoms with E-state index >= 15 is 0 Å². The highest BCUT2D eigenvalue weighted by molar-refractivity contribution is 6.24. The van der Waals surface area contributed by atoms with Crippen molar-refractivity contribution in [3.63, 3.8) is 0 Å². The predicted molar refractivity (Wildman–Crippen MR) is 115 cm³/mol. The number of hydrogen-bond acceptors (Lipinski definition) is 8. The van der Waals surface area contributed by atoms with E-state index in [-0.39, 0.29) is 18.4 Å². The summed E-state index contributed by atoms with van der Waals surface area (Å²) in [6, 6.07) is 4.49. The molecule has 0 spiro atoms. The topological polar surface area (TPSA) is 138 Å². The molecule has 4 heterocycles. The molecule has 3 aliphatic heterocycles. The standard InChI is InChI=1S/C22H25N7O4/c30-18-5-4-17(20(31)25-18)29-21(32)16-3-1-2-13(19(16)22(29)33)10-24-11-14-12-28(27-26-14)15-6-8-23-9-7-15/h1-3,12,15,17,23-24H,4-11H2,(H,25,30,31). The van der Waals surface area contributed by atoms with Crippen molar-refractivity contribution in [1.29, 1.82) is 0 Å². The van der Waals surface area contributed by atoms with E-state index in [0.717, 1.165) is 36.5 Å². The minimum atomic E-state index is -0.971. The summed E-state index contributed by atoms with van der Waals surface area (Å²) in [4.78, 5) is 50.8. The fourth-order valence-electron chi connectivity index (χ4n) is 4.70. The van der Waals surface area contributed by atoms with Crippen molar-refractivity contribution in [3.05, 3.63) is 46.8 Å². The van der Waals surface area contributed by atoms with Gasteiger partial charge in [0.05, 0.1) is 29.1 Å². The molecule has 0 bridgehead atoms. The first-order valence-corrected chi connectivity index (χ1v) is 11.2. The normalized spacial score (nSPS) is 21.5. The number of rotatable bonds is 6. The second-order valence-corrected chi connectivity index (χ2v) is 8.56. The summed E-state index contributed by atoms with van der Waals surface area (Å²) < 4.78 is 1.91. The average molecular weight is 451 g/mol. The first kappa shape index (κ1) is 21.4. The van der Waals surface area contributed by atoms with Crippen molar-refractivity contribution in [2.45, 2.75) is 50.9 Å². The summed E-state index contributed by atoms with van der Waals surface area (Å²) in [5.74, 6) is -2.01. The van der Waals surface area contributed by atoms with Crippen LogP contribution in [0.25, 0.3) is 0 Å². The van der Waals surface area contributed by atoms with Gasteiger partial charge in [-0.1, -0.05) is 17.3 Å². The average Bonchev–Trinajstić information content (AvgIpc) is 3.39. The molecular formula is C22H25N7O4. The van der Waals surface area contributed by atoms with E-state index in [1.807, 2.05) is 10.9 Å². The zero-order chi connectivity index (χ0) is 22.9. The van der Waals surface area contributed by atoms with Crippen LogP contribution in [0.2, 0.25) is 0 Å². The maximum atomic E-state index is 13.1. The third-order valence-electron chi connectivity index (χ3n) is 6.42. The van der Waals surface area contributed by atoms with Gasteiger partial charge in [0.25, 0.3) is 11.8 Å². The Morgan fingerprint density at radius 2 is 1.85 bits per heavy atom. The molecule has 11 nitrogen and oxygen atoms in total. The number of aromatic nitrogens is 3. The van der Waals surface area contributed by atoms with Crippen LogP contribution < -0.4 is 16.0 Å². The molecule has 1 unspecified atom stereocenters. The lowest BCUT2D eigenvalue weighted by Crippen LogP contribution is -2.54. The molecular weight excluding hydrogens is 426 g/mol. The maximum absolute atomic E-state index is 13.1. The Hall–Kier alpha value is -3.44. The lowest BCUT2D eigenvalue weighted by molar-refractivity contribution is -0.136. The minimum Gasteiger partial charge on any atom is -0.317 e. The van der Waals surface area contributed by atoms with E-state index in [1.54, 1.807) is 18.2 Å². The first-order valence-electron chi connectivity index (χ1n) is 11.2. The number of benzene rings is 1. The van der Waals surface area contributed by atoms with Crippen LogP contribution in [0.15, 0.2) is 24.4 Å². The van der Waals surface area contributed by atoms with Crippen LogP contribution in [0.4, 0.5) is 0 Å². The van der Waals surface area contributed by atoms with Gasteiger partial charge in [0.2, 0.25) is 11.8 Å². The minimum absolute atomic E-state index is 0.0935. The molecule has 0 radical (unpaired) electrons. The van der Waals surface area contributed by atoms with Crippen molar-refractivity contribution in [2.75, 3.05) is 13.1 Å². The number of fused-ring (bicyclic) bond motifs is 1. The summed E-state index contributed by atoms with van der Waals surface area (Å²) in [5.41, 5.74) is 2.05. The van der Waals surface area contributed by atoms with Gasteiger partial charge in [-0.05, 0) is 44.0 Å². The third-order valence-corrected chi connectivity index (χ3v) is 6.42. The summed E-state index contributed by atoms with van der Waals surface area (Å²) in [7, 11) is 0. The number of carbonyl (C=O) groups excluding carboxylic acids is 4. The SMILES string of the molecule is O=C1CCC(N2C(=O)c3cccc(CNCc4cn(C5CCNCC5)nn4)c3C2=O)C(=O)N1. The number of imide groups is 2. The lowest BCUT2D eigenvalue weighted by atomic mass is 10.0. The van der Waals surface area contributed by atoms with E-state index in [9.17, 15) is 19.2 Å². The molecule has 2 saturated heterocycles. The molecule has 172 valence electrons. The Labute approximate surface area is 189 Å². The van der Waals surface area contributed by atoms with Crippen molar-refractivity contribution >= 4 is 23.6 Å². The van der Waals surface area contributed by atoms with Crippen molar-refractivity contribution in [2.24, 2.45) is 0 Å². The molecule has 11 heteroatoms. The highest BCUT2D eigenvalue weighted by Gasteiger charge is 2.45. The van der Waals surface area contributed by atoms with Gasteiger partial charge in [-0.15, -0.1) is 5.10 Å². The van der Waals surface area contributed by atoms with E-state index in [4.69, 9.17) is 0 Å². The second-order valence-electron chi connectivity index (χ2n) is 8.56. The monoisotopic (exact) mass is 451 g/mol. The number of nitrogens with one attached hydrogen (secondary N) is 3. The molecule has 2 aromatic rings. The largest absolute Gasteiger partial charge is 0.317 e. The molecule has 0 saturated carbocycles. The predicted octanol–water partition coefficient (Wildman–Crippen LogP) is -0.106. The summed E-state index contributed by atoms with van der Waals surface area (Å²) in [6.07, 6.45) is 4.21. The van der Waals surface area contributed by atoms with E-state index < -0.39 is 29.7 Å². The smallest absolute Gasteiger partial charge is 0.262 e. The Kier molecular flexibility index (Phi) is 5.73. The van der Waals surface area contributed by atoms with Gasteiger partial charge in [0, 0.05) is 19.5 Å². The summed E-state index contributed by atoms with van der Waals surface area (Å²) in [5, 5.41) is 17.3. The Morgan fingerprint density at radius 3 is 2.64 bits per heavy atom. The maximum Gasteiger partial charge on any atom is 0.262 e. The van der Waals surface area contributed by atoms with Gasteiger partial charge in [0.1, 0.15) is 6.04 Å². The molecule has 5 rings (SSSR count). The van der Waals surface area contributed by atoms with Crippen LogP contribution in [0.1, 0.15) is 63.7 Å². The van der Waals surface area contributed by atoms with Crippen LogP contribution in [-0.2, 0) is 22.7 Å². The van der Waals surface area contributed by atoms with Crippen LogP contribution in [0.3, 0.4) is 0 Å². The number of hydrogen-bond donors (Lipinski definition) is 3. The molecule has 1 aromatic carbocycles. The van der Waals surface area contributed by atoms with Crippen molar-refractivity contribution in [3.8, 4) is 0 Å². The van der Waals surface area contributed by atoms with Gasteiger partial charge >= 0.3 is 0 Å². The molecule has 4 amide bonds. The van der Waals surface area contributed by atoms with E-state index in [0.29, 0.717) is 30.3 Å². The third kappa shape index (κ3) is 4.05. The molecule has 3 aliphatic rings. The molecule has 1 aromatic heterocycles. The highest BCUT2D eigenvalue weighted by atomic mass is 16.2. The molecule has 1 atom stereocenters. The van der Waals surface area contributed by atoms with Gasteiger partial charge in [-0.2, -0.15) is 0 Å². The lowest BCUT2D eigenvalue weighted by Gasteiger charge is -2.27. The number of carbonyl (C=O) groups is 4. The quantitative estimate of drug-likeness (QED) is 0.518. The van der Waals surface area contributed by atoms with Gasteiger partial charge in [0.15, 0.2) is 0 Å². The molecule has 0 aliphatic carbocycles. The second kappa shape index (κ2) is 8.83. The van der Waals surface area contributed by atoms with Gasteiger partial charge in [-0.25, -0.2) is 4.68 Å². The first-order chi connectivity index (χ1) is 16.0. The van der Waals surface area contributed by atoms with Crippen molar-refractivity contribution in [1.82, 2.24) is 35.8 Å². The van der Waals surface area contributed by atoms with Crippen molar-refractivity contribution < 1.29 is 19.2 Å². The number of nitrogens with zero attached hydrogens (tertiary/aromatic N) is 4. The number of piperidine rings is 2. The zero-order valence-corrected chi connectivity index (χ0v) is 18.0. The summed E-state index contributed by atoms with van der Waals surface area (Å²) >= 11 is 0. The molecule has 3 N–H and O–H groups in total. The summed E-state index contributed by atoms with van der Waals surface area (Å²) in [6.45, 7) is 2.76. The Balaban J connectivity index is 1.26. The van der Waals surface area contributed by atoms with Gasteiger partial charge in [-0.3, -0.25) is 29.4 Å². The van der Waals surface area contributed by atoms with Crippen LogP contribution in [-0.4, -0.2) is 62.7 Å². The Bertz CT molecular complexity index is 1120. The van der Waals surface area contributed by atoms with Crippen LogP contribution in [0, 0.1) is 0 Å². The van der Waals surface area contributed by atoms with E-state index in [1.165, 1.54) is 0 Å². The van der Waals surface area contributed by atoms with Crippen LogP contribution >= 0.6 is 0 Å². The molecule has 33 heavy (non-hydrogen) atoms. The fraction of sp³-hybridized carbons (Fsp3) is 0.455. The fourth-order valence-corrected chi connectivity index (χ4v) is 4.70. The molecule has 2 fully saturated rings. The highest BCUT2D eigenvalue weighted by Crippen LogP contribution is 2.30. The van der Waals surface area contributed by atoms with Gasteiger partial charge < -0.3 is 10.6 Å². The van der Waals surface area contributed by atoms with E-state index in [2.05, 4.69) is 26.3 Å². The zero-order valence-electron chi connectivity index (χ0n) is 18.0. The Morgan fingerprint density at radius 1 is 1.03 bits per heavy atom. The van der Waals surface area contributed by atoms with Crippen LogP contribution in [0.5, 0.6) is 0 Å². The number of amides is 4.